The molecule has 26 heavy (non-hydrogen) atoms. The number of carbonyl (C=O) groups is 2. The molecule has 0 saturated carbocycles. The molecule has 0 spiro atoms. The fourth-order valence-electron chi connectivity index (χ4n) is 2.30. The van der Waals surface area contributed by atoms with E-state index in [1.165, 1.54) is 24.3 Å². The molecule has 1 heterocycles. The second-order valence-corrected chi connectivity index (χ2v) is 5.36. The van der Waals surface area contributed by atoms with Gasteiger partial charge in [0, 0.05) is 17.8 Å². The molecule has 1 aliphatic rings. The van der Waals surface area contributed by atoms with Crippen LogP contribution in [0.5, 0.6) is 11.5 Å². The highest BCUT2D eigenvalue weighted by Crippen LogP contribution is 2.32. The van der Waals surface area contributed by atoms with Gasteiger partial charge in [-0.25, -0.2) is 0 Å². The molecule has 3 rings (SSSR count). The lowest BCUT2D eigenvalue weighted by atomic mass is 10.1. The number of ether oxygens (including phenoxy) is 2. The SMILES string of the molecule is O=C(Nc1ccccc1CNC(=O)C(F)(F)F)c1ccc2c(c1)OCO2. The number of para-hydroxylation sites is 1. The van der Waals surface area contributed by atoms with Crippen molar-refractivity contribution in [3.05, 3.63) is 53.6 Å². The van der Waals surface area contributed by atoms with Crippen LogP contribution in [0.1, 0.15) is 15.9 Å². The van der Waals surface area contributed by atoms with Gasteiger partial charge in [-0.05, 0) is 29.8 Å². The van der Waals surface area contributed by atoms with E-state index in [2.05, 4.69) is 5.32 Å². The number of fused-ring (bicyclic) bond motifs is 1. The summed E-state index contributed by atoms with van der Waals surface area (Å²) in [7, 11) is 0. The minimum absolute atomic E-state index is 0.0716. The van der Waals surface area contributed by atoms with Gasteiger partial charge in [0.25, 0.3) is 5.91 Å². The van der Waals surface area contributed by atoms with Crippen LogP contribution in [0.25, 0.3) is 0 Å². The number of halogens is 3. The van der Waals surface area contributed by atoms with Crippen LogP contribution in [0, 0.1) is 0 Å². The van der Waals surface area contributed by atoms with E-state index in [1.54, 1.807) is 23.5 Å². The highest BCUT2D eigenvalue weighted by molar-refractivity contribution is 6.05. The van der Waals surface area contributed by atoms with Crippen LogP contribution in [0.2, 0.25) is 0 Å². The summed E-state index contributed by atoms with van der Waals surface area (Å²) in [4.78, 5) is 23.3. The summed E-state index contributed by atoms with van der Waals surface area (Å²) >= 11 is 0. The van der Waals surface area contributed by atoms with Gasteiger partial charge in [0.15, 0.2) is 11.5 Å². The van der Waals surface area contributed by atoms with Crippen LogP contribution in [0.15, 0.2) is 42.5 Å². The molecule has 0 saturated heterocycles. The second-order valence-electron chi connectivity index (χ2n) is 5.36. The Bertz CT molecular complexity index is 852. The largest absolute Gasteiger partial charge is 0.471 e. The third-order valence-electron chi connectivity index (χ3n) is 3.60. The van der Waals surface area contributed by atoms with Gasteiger partial charge in [-0.15, -0.1) is 0 Å². The van der Waals surface area contributed by atoms with Crippen molar-refractivity contribution < 1.29 is 32.2 Å². The first-order valence-electron chi connectivity index (χ1n) is 7.48. The van der Waals surface area contributed by atoms with Gasteiger partial charge in [-0.3, -0.25) is 9.59 Å². The van der Waals surface area contributed by atoms with Crippen LogP contribution in [0.3, 0.4) is 0 Å². The molecule has 0 radical (unpaired) electrons. The minimum Gasteiger partial charge on any atom is -0.454 e. The van der Waals surface area contributed by atoms with Crippen LogP contribution in [-0.2, 0) is 11.3 Å². The molecule has 2 N–H and O–H groups in total. The van der Waals surface area contributed by atoms with E-state index in [0.29, 0.717) is 22.6 Å². The Balaban J connectivity index is 1.72. The number of anilines is 1. The zero-order valence-corrected chi connectivity index (χ0v) is 13.2. The Kier molecular flexibility index (Phi) is 4.70. The smallest absolute Gasteiger partial charge is 0.454 e. The Morgan fingerprint density at radius 1 is 1.04 bits per heavy atom. The van der Waals surface area contributed by atoms with E-state index in [9.17, 15) is 22.8 Å². The van der Waals surface area contributed by atoms with E-state index in [-0.39, 0.29) is 19.0 Å². The van der Waals surface area contributed by atoms with Gasteiger partial charge in [0.05, 0.1) is 0 Å². The first-order valence-corrected chi connectivity index (χ1v) is 7.48. The number of hydrogen-bond acceptors (Lipinski definition) is 4. The fourth-order valence-corrected chi connectivity index (χ4v) is 2.30. The molecule has 0 aliphatic carbocycles. The topological polar surface area (TPSA) is 76.7 Å². The summed E-state index contributed by atoms with van der Waals surface area (Å²) in [6, 6.07) is 10.9. The first-order chi connectivity index (χ1) is 12.3. The Hall–Kier alpha value is -3.23. The normalized spacial score (nSPS) is 12.6. The maximum Gasteiger partial charge on any atom is 0.471 e. The van der Waals surface area contributed by atoms with E-state index in [4.69, 9.17) is 9.47 Å². The van der Waals surface area contributed by atoms with Crippen molar-refractivity contribution in [2.75, 3.05) is 12.1 Å². The van der Waals surface area contributed by atoms with Crippen molar-refractivity contribution in [3.8, 4) is 11.5 Å². The first kappa shape index (κ1) is 17.6. The molecule has 9 heteroatoms. The zero-order valence-electron chi connectivity index (χ0n) is 13.2. The van der Waals surface area contributed by atoms with Gasteiger partial charge in [-0.1, -0.05) is 18.2 Å². The van der Waals surface area contributed by atoms with Gasteiger partial charge in [-0.2, -0.15) is 13.2 Å². The lowest BCUT2D eigenvalue weighted by molar-refractivity contribution is -0.173. The predicted molar refractivity (Wildman–Crippen MR) is 84.9 cm³/mol. The van der Waals surface area contributed by atoms with Crippen molar-refractivity contribution in [1.82, 2.24) is 5.32 Å². The molecule has 0 atom stereocenters. The maximum absolute atomic E-state index is 12.4. The quantitative estimate of drug-likeness (QED) is 0.873. The maximum atomic E-state index is 12.4. The molecule has 1 aliphatic heterocycles. The molecule has 2 amide bonds. The Morgan fingerprint density at radius 3 is 2.54 bits per heavy atom. The van der Waals surface area contributed by atoms with Crippen LogP contribution >= 0.6 is 0 Å². The number of nitrogens with one attached hydrogen (secondary N) is 2. The lowest BCUT2D eigenvalue weighted by Crippen LogP contribution is -2.36. The second kappa shape index (κ2) is 6.95. The third kappa shape index (κ3) is 3.88. The lowest BCUT2D eigenvalue weighted by Gasteiger charge is -2.13. The van der Waals surface area contributed by atoms with Gasteiger partial charge >= 0.3 is 12.1 Å². The van der Waals surface area contributed by atoms with E-state index in [0.717, 1.165) is 0 Å². The van der Waals surface area contributed by atoms with Crippen molar-refractivity contribution in [1.29, 1.82) is 0 Å². The summed E-state index contributed by atoms with van der Waals surface area (Å²) in [6.45, 7) is -0.307. The number of carbonyl (C=O) groups excluding carboxylic acids is 2. The number of hydrogen-bond donors (Lipinski definition) is 2. The molecule has 0 unspecified atom stereocenters. The highest BCUT2D eigenvalue weighted by Gasteiger charge is 2.38. The van der Waals surface area contributed by atoms with Crippen molar-refractivity contribution >= 4 is 17.5 Å². The number of alkyl halides is 3. The average Bonchev–Trinajstić information content (AvgIpc) is 3.07. The number of amides is 2. The fraction of sp³-hybridized carbons (Fsp3) is 0.176. The monoisotopic (exact) mass is 366 g/mol. The average molecular weight is 366 g/mol. The molecule has 2 aromatic rings. The molecular formula is C17H13F3N2O4. The number of benzene rings is 2. The van der Waals surface area contributed by atoms with Gasteiger partial charge in [0.1, 0.15) is 0 Å². The van der Waals surface area contributed by atoms with Crippen LogP contribution in [-0.4, -0.2) is 24.8 Å². The Morgan fingerprint density at radius 2 is 1.77 bits per heavy atom. The highest BCUT2D eigenvalue weighted by atomic mass is 19.4. The Labute approximate surface area is 145 Å². The van der Waals surface area contributed by atoms with E-state index in [1.807, 2.05) is 0 Å². The molecule has 136 valence electrons. The summed E-state index contributed by atoms with van der Waals surface area (Å²) in [5.41, 5.74) is 0.917. The van der Waals surface area contributed by atoms with Gasteiger partial charge < -0.3 is 20.1 Å². The molecular weight excluding hydrogens is 353 g/mol. The van der Waals surface area contributed by atoms with Crippen molar-refractivity contribution in [3.63, 3.8) is 0 Å². The minimum atomic E-state index is -4.97. The summed E-state index contributed by atoms with van der Waals surface area (Å²) in [6.07, 6.45) is -4.97. The predicted octanol–water partition coefficient (Wildman–Crippen LogP) is 2.85. The molecule has 0 fully saturated rings. The molecule has 6 nitrogen and oxygen atoms in total. The third-order valence-corrected chi connectivity index (χ3v) is 3.60. The van der Waals surface area contributed by atoms with Crippen molar-refractivity contribution in [2.24, 2.45) is 0 Å². The molecule has 0 aromatic heterocycles. The molecule has 0 bridgehead atoms. The van der Waals surface area contributed by atoms with E-state index < -0.39 is 18.0 Å². The van der Waals surface area contributed by atoms with Gasteiger partial charge in [0.2, 0.25) is 6.79 Å². The standard InChI is InChI=1S/C17H13F3N2O4/c18-17(19,20)16(24)21-8-11-3-1-2-4-12(11)22-15(23)10-5-6-13-14(7-10)26-9-25-13/h1-7H,8-9H2,(H,21,24)(H,22,23). The van der Waals surface area contributed by atoms with E-state index >= 15 is 0 Å². The van der Waals surface area contributed by atoms with Crippen LogP contribution in [0.4, 0.5) is 18.9 Å². The van der Waals surface area contributed by atoms with Crippen LogP contribution < -0.4 is 20.1 Å². The number of rotatable bonds is 4. The molecule has 2 aromatic carbocycles. The summed E-state index contributed by atoms with van der Waals surface area (Å²) < 4.78 is 47.2. The summed E-state index contributed by atoms with van der Waals surface area (Å²) in [5, 5.41) is 4.39. The summed E-state index contributed by atoms with van der Waals surface area (Å²) in [5.74, 6) is -1.56. The zero-order chi connectivity index (χ0) is 18.7. The van der Waals surface area contributed by atoms with Crippen molar-refractivity contribution in [2.45, 2.75) is 12.7 Å².